The predicted molar refractivity (Wildman–Crippen MR) is 72.0 cm³/mol. The van der Waals surface area contributed by atoms with Gasteiger partial charge in [0.25, 0.3) is 0 Å². The lowest BCUT2D eigenvalue weighted by molar-refractivity contribution is -0.00000477. The molecule has 0 unspecified atom stereocenters. The zero-order valence-electron chi connectivity index (χ0n) is 10.1. The van der Waals surface area contributed by atoms with E-state index in [2.05, 4.69) is 10.2 Å². The number of benzene rings is 1. The van der Waals surface area contributed by atoms with Gasteiger partial charge in [0, 0.05) is 0 Å². The first-order valence-electron chi connectivity index (χ1n) is 5.03. The molecule has 0 saturated heterocycles. The van der Waals surface area contributed by atoms with Gasteiger partial charge in [-0.1, -0.05) is 18.7 Å². The Morgan fingerprint density at radius 2 is 2.28 bits per heavy atom. The molecule has 100 valence electrons. The van der Waals surface area contributed by atoms with Gasteiger partial charge in [-0.25, -0.2) is 0 Å². The van der Waals surface area contributed by atoms with Crippen molar-refractivity contribution < 1.29 is 33.8 Å². The number of methoxy groups -OCH3 is 1. The summed E-state index contributed by atoms with van der Waals surface area (Å²) in [5, 5.41) is 17.5. The maximum Gasteiger partial charge on any atom is 0.180 e. The van der Waals surface area contributed by atoms with Crippen molar-refractivity contribution in [3.8, 4) is 11.5 Å². The first-order valence-corrected chi connectivity index (χ1v) is 6.02. The third kappa shape index (κ3) is 5.58. The summed E-state index contributed by atoms with van der Waals surface area (Å²) in [5.74, 6) is 1.35. The van der Waals surface area contributed by atoms with E-state index in [1.54, 1.807) is 18.3 Å². The third-order valence-electron chi connectivity index (χ3n) is 1.86. The molecule has 1 rings (SSSR count). The van der Waals surface area contributed by atoms with Gasteiger partial charge in [0.1, 0.15) is 0 Å². The van der Waals surface area contributed by atoms with Crippen LogP contribution in [0.2, 0.25) is 0 Å². The van der Waals surface area contributed by atoms with Crippen LogP contribution in [0, 0.1) is 0 Å². The third-order valence-corrected chi connectivity index (χ3v) is 2.53. The molecule has 0 aliphatic rings. The Hall–Kier alpha value is -0.960. The Labute approximate surface area is 128 Å². The number of halogens is 1. The zero-order valence-corrected chi connectivity index (χ0v) is 13.1. The fraction of sp³-hybridized carbons (Fsp3) is 0.273. The van der Waals surface area contributed by atoms with Crippen LogP contribution in [0.3, 0.4) is 0 Å². The highest BCUT2D eigenvalue weighted by atomic mass is 127. The molecular weight excluding hydrogens is 365 g/mol. The average molecular weight is 380 g/mol. The number of aromatic hydroxyl groups is 1. The minimum atomic E-state index is 0. The molecule has 0 heterocycles. The molecule has 0 radical (unpaired) electrons. The molecule has 0 bridgehead atoms. The maximum absolute atomic E-state index is 9.40. The molecule has 7 heteroatoms. The van der Waals surface area contributed by atoms with Crippen molar-refractivity contribution in [2.75, 3.05) is 12.9 Å². The standard InChI is InChI=1S/C11H15N3O2S.HI/c1-3-17-11(12)14-13-7-8-4-5-9(15)10(6-8)16-2;/h4-7,15H,3H2,1-2H3,(H2,12,14);1H/p-1/b13-7+;. The number of rotatable bonds is 4. The summed E-state index contributed by atoms with van der Waals surface area (Å²) in [5.41, 5.74) is 6.34. The van der Waals surface area contributed by atoms with Gasteiger partial charge in [0.15, 0.2) is 16.7 Å². The van der Waals surface area contributed by atoms with Gasteiger partial charge >= 0.3 is 0 Å². The van der Waals surface area contributed by atoms with Crippen molar-refractivity contribution in [1.82, 2.24) is 0 Å². The van der Waals surface area contributed by atoms with Gasteiger partial charge in [-0.15, -0.1) is 5.10 Å². The Morgan fingerprint density at radius 3 is 2.89 bits per heavy atom. The molecular formula is C11H15IN3O2S-. The lowest BCUT2D eigenvalue weighted by atomic mass is 10.2. The smallest absolute Gasteiger partial charge is 0.180 e. The minimum Gasteiger partial charge on any atom is -1.00 e. The van der Waals surface area contributed by atoms with Crippen molar-refractivity contribution in [3.63, 3.8) is 0 Å². The molecule has 0 atom stereocenters. The largest absolute Gasteiger partial charge is 1.00 e. The summed E-state index contributed by atoms with van der Waals surface area (Å²) in [6.45, 7) is 1.99. The summed E-state index contributed by atoms with van der Waals surface area (Å²) in [6.07, 6.45) is 1.55. The topological polar surface area (TPSA) is 80.2 Å². The molecule has 0 aromatic heterocycles. The number of phenols is 1. The molecule has 5 nitrogen and oxygen atoms in total. The Morgan fingerprint density at radius 1 is 1.56 bits per heavy atom. The first-order chi connectivity index (χ1) is 8.17. The number of amidine groups is 1. The Bertz CT molecular complexity index is 438. The molecule has 0 amide bonds. The van der Waals surface area contributed by atoms with Gasteiger partial charge in [-0.05, 0) is 29.5 Å². The fourth-order valence-corrected chi connectivity index (χ4v) is 1.50. The van der Waals surface area contributed by atoms with Crippen molar-refractivity contribution in [3.05, 3.63) is 23.8 Å². The number of nitrogens with two attached hydrogens (primary N) is 1. The molecule has 0 spiro atoms. The van der Waals surface area contributed by atoms with E-state index >= 15 is 0 Å². The quantitative estimate of drug-likeness (QED) is 0.298. The van der Waals surface area contributed by atoms with Gasteiger partial charge < -0.3 is 39.6 Å². The highest BCUT2D eigenvalue weighted by Gasteiger charge is 2.00. The lowest BCUT2D eigenvalue weighted by Crippen LogP contribution is -3.00. The van der Waals surface area contributed by atoms with E-state index in [0.717, 1.165) is 11.3 Å². The van der Waals surface area contributed by atoms with E-state index in [1.807, 2.05) is 6.92 Å². The van der Waals surface area contributed by atoms with Crippen LogP contribution in [-0.2, 0) is 0 Å². The number of phenolic OH excluding ortho intramolecular Hbond substituents is 1. The van der Waals surface area contributed by atoms with E-state index in [0.29, 0.717) is 10.9 Å². The fourth-order valence-electron chi connectivity index (χ4n) is 1.10. The number of nitrogens with zero attached hydrogens (tertiary/aromatic N) is 2. The van der Waals surface area contributed by atoms with Gasteiger partial charge in [0.05, 0.1) is 13.3 Å². The summed E-state index contributed by atoms with van der Waals surface area (Å²) in [7, 11) is 1.49. The molecule has 1 aromatic rings. The van der Waals surface area contributed by atoms with Crippen LogP contribution in [0.1, 0.15) is 12.5 Å². The second-order valence-corrected chi connectivity index (χ2v) is 4.33. The number of hydrogen-bond acceptors (Lipinski definition) is 5. The zero-order chi connectivity index (χ0) is 12.7. The van der Waals surface area contributed by atoms with Crippen LogP contribution in [0.4, 0.5) is 0 Å². The van der Waals surface area contributed by atoms with Crippen LogP contribution < -0.4 is 34.4 Å². The first kappa shape index (κ1) is 17.0. The van der Waals surface area contributed by atoms with Crippen LogP contribution in [-0.4, -0.2) is 29.4 Å². The molecule has 18 heavy (non-hydrogen) atoms. The summed E-state index contributed by atoms with van der Waals surface area (Å²) in [6, 6.07) is 4.91. The Kier molecular flexibility index (Phi) is 8.55. The minimum absolute atomic E-state index is 0. The van der Waals surface area contributed by atoms with Crippen molar-refractivity contribution in [2.24, 2.45) is 15.9 Å². The summed E-state index contributed by atoms with van der Waals surface area (Å²) < 4.78 is 4.98. The molecule has 0 aliphatic heterocycles. The highest BCUT2D eigenvalue weighted by Crippen LogP contribution is 2.25. The molecule has 0 saturated carbocycles. The van der Waals surface area contributed by atoms with Gasteiger partial charge in [-0.3, -0.25) is 0 Å². The molecule has 0 aliphatic carbocycles. The monoisotopic (exact) mass is 380 g/mol. The van der Waals surface area contributed by atoms with Crippen molar-refractivity contribution in [2.45, 2.75) is 6.92 Å². The van der Waals surface area contributed by atoms with Crippen LogP contribution in [0.25, 0.3) is 0 Å². The number of thioether (sulfide) groups is 1. The summed E-state index contributed by atoms with van der Waals surface area (Å²) >= 11 is 1.43. The van der Waals surface area contributed by atoms with E-state index in [4.69, 9.17) is 10.5 Å². The van der Waals surface area contributed by atoms with Gasteiger partial charge in [0.2, 0.25) is 0 Å². The van der Waals surface area contributed by atoms with E-state index in [9.17, 15) is 5.11 Å². The molecule has 3 N–H and O–H groups in total. The van der Waals surface area contributed by atoms with Crippen LogP contribution in [0.15, 0.2) is 28.4 Å². The summed E-state index contributed by atoms with van der Waals surface area (Å²) in [4.78, 5) is 0. The second-order valence-electron chi connectivity index (χ2n) is 3.05. The van der Waals surface area contributed by atoms with Crippen LogP contribution in [0.5, 0.6) is 11.5 Å². The van der Waals surface area contributed by atoms with E-state index in [-0.39, 0.29) is 29.7 Å². The number of ether oxygens (including phenoxy) is 1. The SMILES string of the molecule is CCS/C(N)=N/N=C/c1ccc(O)c(OC)c1.[I-]. The molecule has 1 aromatic carbocycles. The molecule has 0 fully saturated rings. The van der Waals surface area contributed by atoms with E-state index in [1.165, 1.54) is 24.9 Å². The van der Waals surface area contributed by atoms with Crippen molar-refractivity contribution >= 4 is 23.1 Å². The number of hydrogen-bond donors (Lipinski definition) is 2. The average Bonchev–Trinajstić information content (AvgIpc) is 2.31. The highest BCUT2D eigenvalue weighted by molar-refractivity contribution is 8.13. The van der Waals surface area contributed by atoms with Crippen molar-refractivity contribution in [1.29, 1.82) is 0 Å². The maximum atomic E-state index is 9.40. The predicted octanol–water partition coefficient (Wildman–Crippen LogP) is -1.19. The van der Waals surface area contributed by atoms with E-state index < -0.39 is 0 Å². The normalized spacial score (nSPS) is 11.3. The Balaban J connectivity index is 0.00000289. The van der Waals surface area contributed by atoms with Crippen LogP contribution >= 0.6 is 11.8 Å². The van der Waals surface area contributed by atoms with Gasteiger partial charge in [-0.2, -0.15) is 5.10 Å². The second kappa shape index (κ2) is 9.03. The lowest BCUT2D eigenvalue weighted by Gasteiger charge is -2.02.